The highest BCUT2D eigenvalue weighted by Gasteiger charge is 2.36. The number of nitrogens with one attached hydrogen (secondary N) is 2. The van der Waals surface area contributed by atoms with Crippen LogP contribution in [0.15, 0.2) is 36.8 Å². The van der Waals surface area contributed by atoms with Crippen molar-refractivity contribution in [3.05, 3.63) is 42.6 Å². The van der Waals surface area contributed by atoms with Gasteiger partial charge < -0.3 is 15.2 Å². The molecule has 1 unspecified atom stereocenters. The number of aromatic nitrogens is 3. The van der Waals surface area contributed by atoms with Crippen molar-refractivity contribution in [3.8, 4) is 11.3 Å². The molecule has 27 heavy (non-hydrogen) atoms. The highest BCUT2D eigenvalue weighted by molar-refractivity contribution is 6.01. The molecule has 0 aromatic carbocycles. The Hall–Kier alpha value is -2.47. The summed E-state index contributed by atoms with van der Waals surface area (Å²) in [6.45, 7) is 3.19. The number of H-pyrrole nitrogens is 1. The Balaban J connectivity index is 1.57. The van der Waals surface area contributed by atoms with Crippen LogP contribution in [0.4, 0.5) is 10.1 Å². The molecule has 0 bridgehead atoms. The van der Waals surface area contributed by atoms with Crippen molar-refractivity contribution in [2.45, 2.75) is 37.6 Å². The largest absolute Gasteiger partial charge is 0.369 e. The summed E-state index contributed by atoms with van der Waals surface area (Å²) in [6.07, 6.45) is 11.3. The highest BCUT2D eigenvalue weighted by atomic mass is 19.1. The molecule has 1 atom stereocenters. The summed E-state index contributed by atoms with van der Waals surface area (Å²) in [5.74, 6) is -0.321. The average Bonchev–Trinajstić information content (AvgIpc) is 3.13. The predicted octanol–water partition coefficient (Wildman–Crippen LogP) is 3.88. The van der Waals surface area contributed by atoms with E-state index in [1.807, 2.05) is 12.4 Å². The van der Waals surface area contributed by atoms with Crippen LogP contribution in [0.5, 0.6) is 0 Å². The number of nitrogens with zero attached hydrogens (tertiary/aromatic N) is 3. The summed E-state index contributed by atoms with van der Waals surface area (Å²) in [5, 5.41) is 4.88. The Kier molecular flexibility index (Phi) is 4.08. The van der Waals surface area contributed by atoms with Crippen molar-refractivity contribution in [2.75, 3.05) is 24.5 Å². The number of halogens is 1. The van der Waals surface area contributed by atoms with E-state index in [1.165, 1.54) is 50.1 Å². The fourth-order valence-electron chi connectivity index (χ4n) is 4.76. The number of hydrogen-bond donors (Lipinski definition) is 2. The fourth-order valence-corrected chi connectivity index (χ4v) is 4.76. The maximum atomic E-state index is 13.3. The molecule has 3 aromatic rings. The predicted molar refractivity (Wildman–Crippen MR) is 105 cm³/mol. The molecular formula is C21H24FN5. The smallest absolute Gasteiger partial charge is 0.141 e. The second kappa shape index (κ2) is 6.60. The lowest BCUT2D eigenvalue weighted by Crippen LogP contribution is -2.59. The van der Waals surface area contributed by atoms with E-state index >= 15 is 0 Å². The first-order valence-corrected chi connectivity index (χ1v) is 9.82. The first-order valence-electron chi connectivity index (χ1n) is 9.82. The Labute approximate surface area is 158 Å². The van der Waals surface area contributed by atoms with E-state index in [2.05, 4.69) is 31.2 Å². The van der Waals surface area contributed by atoms with Crippen molar-refractivity contribution < 1.29 is 4.39 Å². The Bertz CT molecular complexity index is 937. The van der Waals surface area contributed by atoms with E-state index in [1.54, 1.807) is 6.07 Å². The summed E-state index contributed by atoms with van der Waals surface area (Å²) >= 11 is 0. The minimum absolute atomic E-state index is 0.233. The van der Waals surface area contributed by atoms with E-state index in [-0.39, 0.29) is 11.4 Å². The molecule has 0 amide bonds. The molecule has 3 aromatic heterocycles. The summed E-state index contributed by atoms with van der Waals surface area (Å²) in [4.78, 5) is 14.5. The Morgan fingerprint density at radius 2 is 2.00 bits per heavy atom. The molecule has 1 spiro atoms. The van der Waals surface area contributed by atoms with Gasteiger partial charge in [0.15, 0.2) is 0 Å². The lowest BCUT2D eigenvalue weighted by atomic mass is 9.81. The number of piperidine rings is 2. The average molecular weight is 365 g/mol. The van der Waals surface area contributed by atoms with Crippen molar-refractivity contribution in [3.63, 3.8) is 0 Å². The third-order valence-electron chi connectivity index (χ3n) is 6.05. The van der Waals surface area contributed by atoms with Crippen LogP contribution in [0.1, 0.15) is 32.1 Å². The molecule has 2 aliphatic heterocycles. The molecule has 6 heteroatoms. The van der Waals surface area contributed by atoms with Crippen LogP contribution in [0.25, 0.3) is 22.3 Å². The van der Waals surface area contributed by atoms with E-state index < -0.39 is 0 Å². The summed E-state index contributed by atoms with van der Waals surface area (Å²) < 4.78 is 13.3. The first-order chi connectivity index (χ1) is 13.2. The van der Waals surface area contributed by atoms with E-state index in [0.29, 0.717) is 0 Å². The van der Waals surface area contributed by atoms with Gasteiger partial charge in [-0.25, -0.2) is 9.37 Å². The number of fused-ring (bicyclic) bond motifs is 1. The molecule has 140 valence electrons. The molecule has 2 N–H and O–H groups in total. The molecule has 2 saturated heterocycles. The van der Waals surface area contributed by atoms with Gasteiger partial charge >= 0.3 is 0 Å². The number of rotatable bonds is 2. The van der Waals surface area contributed by atoms with Gasteiger partial charge in [0.05, 0.1) is 23.0 Å². The minimum Gasteiger partial charge on any atom is -0.369 e. The van der Waals surface area contributed by atoms with Gasteiger partial charge in [-0.05, 0) is 50.4 Å². The third kappa shape index (κ3) is 2.98. The number of anilines is 1. The minimum atomic E-state index is -0.321. The van der Waals surface area contributed by atoms with Gasteiger partial charge in [0, 0.05) is 36.6 Å². The second-order valence-corrected chi connectivity index (χ2v) is 7.81. The van der Waals surface area contributed by atoms with Crippen LogP contribution >= 0.6 is 0 Å². The first kappa shape index (κ1) is 16.7. The van der Waals surface area contributed by atoms with Gasteiger partial charge in [-0.3, -0.25) is 4.98 Å². The van der Waals surface area contributed by atoms with E-state index in [4.69, 9.17) is 0 Å². The van der Waals surface area contributed by atoms with Gasteiger partial charge in [-0.15, -0.1) is 0 Å². The zero-order valence-electron chi connectivity index (χ0n) is 15.3. The number of aromatic amines is 1. The SMILES string of the molecule is Fc1ccc(-c2c[nH]c3nccc(N4CCCC5(CCCCN5)C4)c23)nc1. The van der Waals surface area contributed by atoms with Gasteiger partial charge in [0.1, 0.15) is 11.5 Å². The van der Waals surface area contributed by atoms with Crippen LogP contribution in [-0.4, -0.2) is 40.1 Å². The summed E-state index contributed by atoms with van der Waals surface area (Å²) in [7, 11) is 0. The molecule has 5 nitrogen and oxygen atoms in total. The zero-order valence-corrected chi connectivity index (χ0v) is 15.3. The van der Waals surface area contributed by atoms with Crippen LogP contribution in [0.3, 0.4) is 0 Å². The van der Waals surface area contributed by atoms with E-state index in [0.717, 1.165) is 41.9 Å². The molecule has 0 radical (unpaired) electrons. The van der Waals surface area contributed by atoms with Gasteiger partial charge in [-0.1, -0.05) is 6.42 Å². The summed E-state index contributed by atoms with van der Waals surface area (Å²) in [5.41, 5.74) is 4.01. The van der Waals surface area contributed by atoms with Gasteiger partial charge in [0.2, 0.25) is 0 Å². The quantitative estimate of drug-likeness (QED) is 0.724. The normalized spacial score (nSPS) is 23.2. The van der Waals surface area contributed by atoms with Gasteiger partial charge in [0.25, 0.3) is 0 Å². The van der Waals surface area contributed by atoms with Crippen LogP contribution in [0, 0.1) is 5.82 Å². The molecule has 5 heterocycles. The van der Waals surface area contributed by atoms with Gasteiger partial charge in [-0.2, -0.15) is 0 Å². The molecule has 0 saturated carbocycles. The number of hydrogen-bond acceptors (Lipinski definition) is 4. The van der Waals surface area contributed by atoms with Crippen molar-refractivity contribution >= 4 is 16.7 Å². The molecule has 5 rings (SSSR count). The lowest BCUT2D eigenvalue weighted by molar-refractivity contribution is 0.216. The molecule has 2 aliphatic rings. The Morgan fingerprint density at radius 1 is 1.07 bits per heavy atom. The maximum Gasteiger partial charge on any atom is 0.141 e. The lowest BCUT2D eigenvalue weighted by Gasteiger charge is -2.47. The summed E-state index contributed by atoms with van der Waals surface area (Å²) in [6, 6.07) is 5.29. The van der Waals surface area contributed by atoms with Crippen LogP contribution in [-0.2, 0) is 0 Å². The second-order valence-electron chi connectivity index (χ2n) is 7.81. The fraction of sp³-hybridized carbons (Fsp3) is 0.429. The molecule has 0 aliphatic carbocycles. The van der Waals surface area contributed by atoms with Crippen molar-refractivity contribution in [1.29, 1.82) is 0 Å². The maximum absolute atomic E-state index is 13.3. The van der Waals surface area contributed by atoms with E-state index in [9.17, 15) is 4.39 Å². The monoisotopic (exact) mass is 365 g/mol. The van der Waals surface area contributed by atoms with Crippen molar-refractivity contribution in [1.82, 2.24) is 20.3 Å². The van der Waals surface area contributed by atoms with Crippen LogP contribution < -0.4 is 10.2 Å². The number of pyridine rings is 2. The zero-order chi connectivity index (χ0) is 18.3. The Morgan fingerprint density at radius 3 is 2.81 bits per heavy atom. The third-order valence-corrected chi connectivity index (χ3v) is 6.05. The molecule has 2 fully saturated rings. The highest BCUT2D eigenvalue weighted by Crippen LogP contribution is 2.38. The van der Waals surface area contributed by atoms with Crippen LogP contribution in [0.2, 0.25) is 0 Å². The van der Waals surface area contributed by atoms with Crippen molar-refractivity contribution in [2.24, 2.45) is 0 Å². The standard InChI is InChI=1S/C21H24FN5/c22-15-4-5-17(24-12-15)16-13-25-20-19(16)18(6-10-23-20)27-11-3-8-21(14-27)7-1-2-9-26-21/h4-6,10,12-13,26H,1-3,7-9,11,14H2,(H,23,25). The molecular weight excluding hydrogens is 341 g/mol. The topological polar surface area (TPSA) is 56.8 Å².